The van der Waals surface area contributed by atoms with Crippen molar-refractivity contribution in [2.45, 2.75) is 219 Å². The molecule has 0 bridgehead atoms. The third-order valence-electron chi connectivity index (χ3n) is 9.61. The Balaban J connectivity index is 4.29. The summed E-state index contributed by atoms with van der Waals surface area (Å²) in [5.41, 5.74) is 0. The van der Waals surface area contributed by atoms with Crippen LogP contribution < -0.4 is 0 Å². The van der Waals surface area contributed by atoms with Crippen LogP contribution in [0.3, 0.4) is 0 Å². The van der Waals surface area contributed by atoms with E-state index in [2.05, 4.69) is 42.7 Å². The van der Waals surface area contributed by atoms with Gasteiger partial charge in [-0.05, 0) is 44.9 Å². The number of carbonyl (C=O) groups is 2. The molecule has 0 radical (unpaired) electrons. The number of carbonyl (C=O) groups excluding carboxylic acids is 2. The maximum absolute atomic E-state index is 12.6. The summed E-state index contributed by atoms with van der Waals surface area (Å²) < 4.78 is 32.7. The highest BCUT2D eigenvalue weighted by Gasteiger charge is 2.27. The van der Waals surface area contributed by atoms with Crippen LogP contribution >= 0.6 is 7.82 Å². The fourth-order valence-electron chi connectivity index (χ4n) is 6.14. The Labute approximate surface area is 336 Å². The molecule has 3 N–H and O–H groups in total. The lowest BCUT2D eigenvalue weighted by Gasteiger charge is -2.20. The average Bonchev–Trinajstić information content (AvgIpc) is 3.17. The SMILES string of the molecule is CCCCCCCC/C=C/C/C=C/CCCCC(=O)O[C@H](COC(=O)CCCCCCCCCCCCCCCCCCC)COP(=O)(O)OC[C@@H](O)CO. The van der Waals surface area contributed by atoms with Gasteiger partial charge in [-0.2, -0.15) is 0 Å². The highest BCUT2D eigenvalue weighted by molar-refractivity contribution is 7.47. The van der Waals surface area contributed by atoms with Gasteiger partial charge in [0.15, 0.2) is 6.10 Å². The van der Waals surface area contributed by atoms with Gasteiger partial charge in [0.1, 0.15) is 12.7 Å². The Morgan fingerprint density at radius 1 is 0.545 bits per heavy atom. The van der Waals surface area contributed by atoms with Gasteiger partial charge in [-0.1, -0.05) is 173 Å². The minimum atomic E-state index is -4.62. The molecule has 324 valence electrons. The molecule has 0 aliphatic carbocycles. The van der Waals surface area contributed by atoms with Crippen molar-refractivity contribution in [2.75, 3.05) is 26.4 Å². The van der Waals surface area contributed by atoms with Crippen LogP contribution in [-0.2, 0) is 32.7 Å². The number of hydrogen-bond donors (Lipinski definition) is 3. The lowest BCUT2D eigenvalue weighted by Crippen LogP contribution is -2.29. The first kappa shape index (κ1) is 53.5. The van der Waals surface area contributed by atoms with Crippen molar-refractivity contribution < 1.29 is 47.8 Å². The van der Waals surface area contributed by atoms with Crippen molar-refractivity contribution in [1.82, 2.24) is 0 Å². The number of allylic oxidation sites excluding steroid dienone is 4. The van der Waals surface area contributed by atoms with E-state index in [1.807, 2.05) is 0 Å². The van der Waals surface area contributed by atoms with Crippen LogP contribution in [0.2, 0.25) is 0 Å². The Bertz CT molecular complexity index is 972. The van der Waals surface area contributed by atoms with E-state index in [4.69, 9.17) is 19.1 Å². The molecule has 10 nitrogen and oxygen atoms in total. The second kappa shape index (κ2) is 40.6. The molecule has 0 amide bonds. The van der Waals surface area contributed by atoms with E-state index in [0.717, 1.165) is 44.9 Å². The summed E-state index contributed by atoms with van der Waals surface area (Å²) in [6.07, 6.45) is 40.0. The number of hydrogen-bond acceptors (Lipinski definition) is 9. The van der Waals surface area contributed by atoms with Gasteiger partial charge in [-0.25, -0.2) is 4.57 Å². The summed E-state index contributed by atoms with van der Waals surface area (Å²) >= 11 is 0. The molecule has 3 atom stereocenters. The quantitative estimate of drug-likeness (QED) is 0.0236. The smallest absolute Gasteiger partial charge is 0.462 e. The second-order valence-corrected chi connectivity index (χ2v) is 16.5. The summed E-state index contributed by atoms with van der Waals surface area (Å²) in [5.74, 6) is -0.954. The number of phosphoric acid groups is 1. The van der Waals surface area contributed by atoms with Gasteiger partial charge < -0.3 is 24.6 Å². The first-order chi connectivity index (χ1) is 26.7. The topological polar surface area (TPSA) is 149 Å². The number of esters is 2. The monoisotopic (exact) mass is 803 g/mol. The van der Waals surface area contributed by atoms with Crippen molar-refractivity contribution in [3.05, 3.63) is 24.3 Å². The van der Waals surface area contributed by atoms with Crippen molar-refractivity contribution in [2.24, 2.45) is 0 Å². The first-order valence-electron chi connectivity index (χ1n) is 22.3. The van der Waals surface area contributed by atoms with Gasteiger partial charge in [-0.15, -0.1) is 0 Å². The zero-order valence-corrected chi connectivity index (χ0v) is 36.0. The van der Waals surface area contributed by atoms with E-state index in [0.29, 0.717) is 12.8 Å². The molecule has 0 spiro atoms. The first-order valence-corrected chi connectivity index (χ1v) is 23.8. The zero-order chi connectivity index (χ0) is 40.5. The molecule has 0 saturated heterocycles. The number of phosphoric ester groups is 1. The highest BCUT2D eigenvalue weighted by Crippen LogP contribution is 2.43. The van der Waals surface area contributed by atoms with Crippen LogP contribution in [0.25, 0.3) is 0 Å². The van der Waals surface area contributed by atoms with Gasteiger partial charge in [0, 0.05) is 12.8 Å². The number of ether oxygens (including phenoxy) is 2. The third-order valence-corrected chi connectivity index (χ3v) is 10.6. The molecule has 0 fully saturated rings. The minimum Gasteiger partial charge on any atom is -0.462 e. The van der Waals surface area contributed by atoms with Crippen molar-refractivity contribution in [1.29, 1.82) is 0 Å². The molecule has 0 saturated carbocycles. The lowest BCUT2D eigenvalue weighted by molar-refractivity contribution is -0.161. The summed E-state index contributed by atoms with van der Waals surface area (Å²) in [7, 11) is -4.62. The molecule has 55 heavy (non-hydrogen) atoms. The van der Waals surface area contributed by atoms with E-state index < -0.39 is 51.8 Å². The predicted octanol–water partition coefficient (Wildman–Crippen LogP) is 11.8. The average molecular weight is 803 g/mol. The molecular weight excluding hydrogens is 719 g/mol. The molecule has 11 heteroatoms. The Morgan fingerprint density at radius 3 is 1.44 bits per heavy atom. The maximum Gasteiger partial charge on any atom is 0.472 e. The normalized spacial score (nSPS) is 14.1. The van der Waals surface area contributed by atoms with Gasteiger partial charge in [-0.3, -0.25) is 18.6 Å². The molecule has 0 heterocycles. The van der Waals surface area contributed by atoms with Crippen LogP contribution in [0.1, 0.15) is 206 Å². The van der Waals surface area contributed by atoms with Crippen molar-refractivity contribution in [3.8, 4) is 0 Å². The fraction of sp³-hybridized carbons (Fsp3) is 0.864. The van der Waals surface area contributed by atoms with Crippen LogP contribution in [0.5, 0.6) is 0 Å². The number of unbranched alkanes of at least 4 members (excludes halogenated alkanes) is 24. The lowest BCUT2D eigenvalue weighted by atomic mass is 10.0. The van der Waals surface area contributed by atoms with Crippen LogP contribution in [0, 0.1) is 0 Å². The number of aliphatic hydroxyl groups is 2. The Morgan fingerprint density at radius 2 is 0.945 bits per heavy atom. The van der Waals surface area contributed by atoms with Crippen LogP contribution in [0.15, 0.2) is 24.3 Å². The van der Waals surface area contributed by atoms with Gasteiger partial charge >= 0.3 is 19.8 Å². The Hall–Kier alpha value is -1.55. The Kier molecular flexibility index (Phi) is 39.5. The molecule has 0 aromatic carbocycles. The minimum absolute atomic E-state index is 0.145. The molecule has 0 aliphatic rings. The fourth-order valence-corrected chi connectivity index (χ4v) is 6.93. The molecule has 0 aliphatic heterocycles. The van der Waals surface area contributed by atoms with Crippen molar-refractivity contribution in [3.63, 3.8) is 0 Å². The molecule has 1 unspecified atom stereocenters. The predicted molar refractivity (Wildman–Crippen MR) is 224 cm³/mol. The molecule has 0 rings (SSSR count). The van der Waals surface area contributed by atoms with Crippen LogP contribution in [-0.4, -0.2) is 65.7 Å². The van der Waals surface area contributed by atoms with E-state index in [9.17, 15) is 24.2 Å². The van der Waals surface area contributed by atoms with Gasteiger partial charge in [0.2, 0.25) is 0 Å². The summed E-state index contributed by atoms with van der Waals surface area (Å²) in [5, 5.41) is 18.3. The molecule has 0 aromatic heterocycles. The third kappa shape index (κ3) is 40.4. The number of aliphatic hydroxyl groups excluding tert-OH is 2. The summed E-state index contributed by atoms with van der Waals surface area (Å²) in [4.78, 5) is 35.0. The zero-order valence-electron chi connectivity index (χ0n) is 35.2. The summed E-state index contributed by atoms with van der Waals surface area (Å²) in [6, 6.07) is 0. The second-order valence-electron chi connectivity index (χ2n) is 15.1. The van der Waals surface area contributed by atoms with Crippen molar-refractivity contribution >= 4 is 19.8 Å². The largest absolute Gasteiger partial charge is 0.472 e. The van der Waals surface area contributed by atoms with E-state index in [1.54, 1.807) is 0 Å². The van der Waals surface area contributed by atoms with Crippen LogP contribution in [0.4, 0.5) is 0 Å². The van der Waals surface area contributed by atoms with E-state index >= 15 is 0 Å². The standard InChI is InChI=1S/C44H83O10P/c1-3-5-7-9-11-13-15-17-19-20-22-23-25-27-29-31-33-35-43(47)51-39-42(40-53-55(49,50)52-38-41(46)37-45)54-44(48)36-34-32-30-28-26-24-21-18-16-14-12-10-8-6-4-2/h18,21,26,28,41-42,45-46H,3-17,19-20,22-25,27,29-40H2,1-2H3,(H,49,50)/b21-18+,28-26+/t41-,42+/m0/s1. The summed E-state index contributed by atoms with van der Waals surface area (Å²) in [6.45, 7) is 2.36. The number of rotatable bonds is 42. The molecule has 0 aromatic rings. The van der Waals surface area contributed by atoms with Gasteiger partial charge in [0.05, 0.1) is 19.8 Å². The highest BCUT2D eigenvalue weighted by atomic mass is 31.2. The maximum atomic E-state index is 12.6. The van der Waals surface area contributed by atoms with E-state index in [-0.39, 0.29) is 19.4 Å². The molecular formula is C44H83O10P. The van der Waals surface area contributed by atoms with E-state index in [1.165, 1.54) is 122 Å². The van der Waals surface area contributed by atoms with Gasteiger partial charge in [0.25, 0.3) is 0 Å².